The molecule has 0 bridgehead atoms. The number of nitrogens with one attached hydrogen (secondary N) is 2. The summed E-state index contributed by atoms with van der Waals surface area (Å²) >= 11 is 5.87. The maximum atomic E-state index is 13.7. The SMILES string of the molecule is Cc1cc(Oc2cc(NC(=O)C3CC3)ncn2)ccc1NC(=O)Cc1ccc(Cl)c(C(C)(F)F)c1. The van der Waals surface area contributed by atoms with E-state index in [9.17, 15) is 18.4 Å². The van der Waals surface area contributed by atoms with Gasteiger partial charge in [-0.25, -0.2) is 18.7 Å². The van der Waals surface area contributed by atoms with Crippen LogP contribution in [0.15, 0.2) is 48.8 Å². The van der Waals surface area contributed by atoms with Gasteiger partial charge in [-0.3, -0.25) is 9.59 Å². The van der Waals surface area contributed by atoms with E-state index in [2.05, 4.69) is 20.6 Å². The molecule has 4 rings (SSSR count). The van der Waals surface area contributed by atoms with Crippen molar-refractivity contribution in [2.24, 2.45) is 5.92 Å². The second kappa shape index (κ2) is 9.95. The van der Waals surface area contributed by atoms with Crippen LogP contribution >= 0.6 is 11.6 Å². The Morgan fingerprint density at radius 3 is 2.57 bits per heavy atom. The first-order valence-corrected chi connectivity index (χ1v) is 11.3. The summed E-state index contributed by atoms with van der Waals surface area (Å²) < 4.78 is 33.2. The molecule has 10 heteroatoms. The lowest BCUT2D eigenvalue weighted by Gasteiger charge is -2.14. The van der Waals surface area contributed by atoms with Gasteiger partial charge in [-0.05, 0) is 61.2 Å². The molecule has 1 aliphatic carbocycles. The van der Waals surface area contributed by atoms with Gasteiger partial charge in [0.1, 0.15) is 17.9 Å². The zero-order valence-corrected chi connectivity index (χ0v) is 19.8. The molecule has 0 aliphatic heterocycles. The number of halogens is 3. The van der Waals surface area contributed by atoms with E-state index in [-0.39, 0.29) is 40.6 Å². The van der Waals surface area contributed by atoms with Crippen molar-refractivity contribution in [2.45, 2.75) is 39.0 Å². The van der Waals surface area contributed by atoms with Crippen molar-refractivity contribution >= 4 is 34.9 Å². The minimum absolute atomic E-state index is 0.0470. The summed E-state index contributed by atoms with van der Waals surface area (Å²) in [5.74, 6) is -2.39. The van der Waals surface area contributed by atoms with Gasteiger partial charge in [0.15, 0.2) is 0 Å². The number of hydrogen-bond acceptors (Lipinski definition) is 5. The predicted octanol–water partition coefficient (Wildman–Crippen LogP) is 5.87. The number of nitrogens with zero attached hydrogens (tertiary/aromatic N) is 2. The first-order valence-electron chi connectivity index (χ1n) is 11.0. The molecule has 1 aromatic heterocycles. The zero-order chi connectivity index (χ0) is 25.2. The highest BCUT2D eigenvalue weighted by atomic mass is 35.5. The number of alkyl halides is 2. The van der Waals surface area contributed by atoms with E-state index < -0.39 is 5.92 Å². The Hall–Kier alpha value is -3.59. The van der Waals surface area contributed by atoms with Crippen LogP contribution in [-0.4, -0.2) is 21.8 Å². The third-order valence-corrected chi connectivity index (χ3v) is 5.73. The Morgan fingerprint density at radius 1 is 1.11 bits per heavy atom. The molecule has 1 fully saturated rings. The molecule has 35 heavy (non-hydrogen) atoms. The van der Waals surface area contributed by atoms with Crippen molar-refractivity contribution < 1.29 is 23.1 Å². The largest absolute Gasteiger partial charge is 0.439 e. The topological polar surface area (TPSA) is 93.2 Å². The maximum Gasteiger partial charge on any atom is 0.271 e. The lowest BCUT2D eigenvalue weighted by atomic mass is 10.0. The van der Waals surface area contributed by atoms with Crippen molar-refractivity contribution in [2.75, 3.05) is 10.6 Å². The predicted molar refractivity (Wildman–Crippen MR) is 128 cm³/mol. The normalized spacial score (nSPS) is 13.3. The van der Waals surface area contributed by atoms with Gasteiger partial charge in [0.05, 0.1) is 6.42 Å². The van der Waals surface area contributed by atoms with Crippen LogP contribution in [0.25, 0.3) is 0 Å². The lowest BCUT2D eigenvalue weighted by Crippen LogP contribution is -2.16. The van der Waals surface area contributed by atoms with Gasteiger partial charge in [0.25, 0.3) is 5.92 Å². The Bertz CT molecular complexity index is 1280. The van der Waals surface area contributed by atoms with Crippen molar-refractivity contribution in [1.82, 2.24) is 9.97 Å². The Morgan fingerprint density at radius 2 is 1.89 bits per heavy atom. The van der Waals surface area contributed by atoms with Crippen LogP contribution in [0.5, 0.6) is 11.6 Å². The molecule has 2 aromatic carbocycles. The third-order valence-electron chi connectivity index (χ3n) is 5.40. The van der Waals surface area contributed by atoms with Gasteiger partial charge in [0, 0.05) is 35.2 Å². The van der Waals surface area contributed by atoms with Gasteiger partial charge in [-0.15, -0.1) is 0 Å². The van der Waals surface area contributed by atoms with E-state index in [1.165, 1.54) is 24.5 Å². The van der Waals surface area contributed by atoms with E-state index in [4.69, 9.17) is 16.3 Å². The molecular formula is C25H23ClF2N4O3. The number of aryl methyl sites for hydroxylation is 1. The summed E-state index contributed by atoms with van der Waals surface area (Å²) in [6.45, 7) is 2.55. The van der Waals surface area contributed by atoms with Crippen molar-refractivity contribution in [3.63, 3.8) is 0 Å². The maximum absolute atomic E-state index is 13.7. The number of anilines is 2. The van der Waals surface area contributed by atoms with Crippen LogP contribution in [-0.2, 0) is 21.9 Å². The molecule has 1 aliphatic rings. The van der Waals surface area contributed by atoms with Crippen LogP contribution in [0.4, 0.5) is 20.3 Å². The van der Waals surface area contributed by atoms with Gasteiger partial charge in [-0.1, -0.05) is 17.7 Å². The first-order chi connectivity index (χ1) is 16.6. The van der Waals surface area contributed by atoms with Crippen molar-refractivity contribution in [3.8, 4) is 11.6 Å². The number of carbonyl (C=O) groups is 2. The number of ether oxygens (including phenoxy) is 1. The number of amides is 2. The summed E-state index contributed by atoms with van der Waals surface area (Å²) in [5, 5.41) is 5.47. The number of rotatable bonds is 8. The molecule has 2 N–H and O–H groups in total. The first kappa shape index (κ1) is 24.5. The smallest absolute Gasteiger partial charge is 0.271 e. The summed E-state index contributed by atoms with van der Waals surface area (Å²) in [5.41, 5.74) is 1.39. The van der Waals surface area contributed by atoms with Crippen LogP contribution in [0.2, 0.25) is 5.02 Å². The van der Waals surface area contributed by atoms with E-state index in [1.54, 1.807) is 31.2 Å². The van der Waals surface area contributed by atoms with Crippen LogP contribution < -0.4 is 15.4 Å². The second-order valence-corrected chi connectivity index (χ2v) is 8.92. The summed E-state index contributed by atoms with van der Waals surface area (Å²) in [7, 11) is 0. The number of benzene rings is 2. The fraction of sp³-hybridized carbons (Fsp3) is 0.280. The molecule has 2 amide bonds. The highest BCUT2D eigenvalue weighted by molar-refractivity contribution is 6.31. The fourth-order valence-corrected chi connectivity index (χ4v) is 3.68. The summed E-state index contributed by atoms with van der Waals surface area (Å²) in [6.07, 6.45) is 2.99. The third kappa shape index (κ3) is 6.51. The quantitative estimate of drug-likeness (QED) is 0.403. The highest BCUT2D eigenvalue weighted by Crippen LogP contribution is 2.34. The van der Waals surface area contributed by atoms with Gasteiger partial charge >= 0.3 is 0 Å². The van der Waals surface area contributed by atoms with E-state index in [0.717, 1.165) is 25.3 Å². The molecule has 182 valence electrons. The molecule has 7 nitrogen and oxygen atoms in total. The van der Waals surface area contributed by atoms with E-state index in [0.29, 0.717) is 22.8 Å². The minimum Gasteiger partial charge on any atom is -0.439 e. The van der Waals surface area contributed by atoms with Gasteiger partial charge in [0.2, 0.25) is 17.7 Å². The van der Waals surface area contributed by atoms with Crippen LogP contribution in [0.3, 0.4) is 0 Å². The van der Waals surface area contributed by atoms with Crippen LogP contribution in [0, 0.1) is 12.8 Å². The fourth-order valence-electron chi connectivity index (χ4n) is 3.40. The van der Waals surface area contributed by atoms with E-state index in [1.807, 2.05) is 0 Å². The molecule has 1 heterocycles. The standard InChI is InChI=1S/C25H23ClF2N4O3/c1-14-9-17(35-23-12-21(29-13-30-23)32-24(34)16-4-5-16)6-8-20(14)31-22(33)11-15-3-7-19(26)18(10-15)25(2,27)28/h3,6-10,12-13,16H,4-5,11H2,1-2H3,(H,31,33)(H,29,30,32,34). The average Bonchev–Trinajstić information content (AvgIpc) is 3.62. The molecule has 0 saturated heterocycles. The molecule has 0 spiro atoms. The van der Waals surface area contributed by atoms with Crippen molar-refractivity contribution in [1.29, 1.82) is 0 Å². The molecule has 0 atom stereocenters. The highest BCUT2D eigenvalue weighted by Gasteiger charge is 2.30. The Balaban J connectivity index is 1.39. The monoisotopic (exact) mass is 500 g/mol. The number of carbonyl (C=O) groups excluding carboxylic acids is 2. The molecule has 0 radical (unpaired) electrons. The van der Waals surface area contributed by atoms with Gasteiger partial charge in [-0.2, -0.15) is 0 Å². The Kier molecular flexibility index (Phi) is 6.98. The van der Waals surface area contributed by atoms with E-state index >= 15 is 0 Å². The summed E-state index contributed by atoms with van der Waals surface area (Å²) in [4.78, 5) is 32.5. The second-order valence-electron chi connectivity index (χ2n) is 8.51. The van der Waals surface area contributed by atoms with Crippen LogP contribution in [0.1, 0.15) is 36.5 Å². The molecule has 3 aromatic rings. The minimum atomic E-state index is -3.11. The average molecular weight is 501 g/mol. The molecular weight excluding hydrogens is 478 g/mol. The zero-order valence-electron chi connectivity index (χ0n) is 19.1. The number of aromatic nitrogens is 2. The summed E-state index contributed by atoms with van der Waals surface area (Å²) in [6, 6.07) is 10.7. The van der Waals surface area contributed by atoms with Gasteiger partial charge < -0.3 is 15.4 Å². The molecule has 1 saturated carbocycles. The lowest BCUT2D eigenvalue weighted by molar-refractivity contribution is -0.117. The van der Waals surface area contributed by atoms with Crippen molar-refractivity contribution in [3.05, 3.63) is 70.5 Å². The molecule has 0 unspecified atom stereocenters. The number of hydrogen-bond donors (Lipinski definition) is 2. The Labute approximate surface area is 205 Å².